The molecule has 2 aliphatic heterocycles. The molecule has 1 saturated heterocycles. The Labute approximate surface area is 146 Å². The van der Waals surface area contributed by atoms with Crippen LogP contribution in [0.4, 0.5) is 5.69 Å². The summed E-state index contributed by atoms with van der Waals surface area (Å²) < 4.78 is 0. The van der Waals surface area contributed by atoms with Crippen LogP contribution in [0.15, 0.2) is 18.2 Å². The van der Waals surface area contributed by atoms with Gasteiger partial charge in [-0.05, 0) is 25.0 Å². The number of nitrogens with zero attached hydrogens (tertiary/aromatic N) is 1. The molecule has 1 aromatic rings. The molecule has 0 aliphatic carbocycles. The Morgan fingerprint density at radius 1 is 1.35 bits per heavy atom. The molecule has 1 unspecified atom stereocenters. The van der Waals surface area contributed by atoms with Crippen LogP contribution in [-0.2, 0) is 4.79 Å². The van der Waals surface area contributed by atoms with Gasteiger partial charge in [-0.2, -0.15) is 0 Å². The van der Waals surface area contributed by atoms with Crippen molar-refractivity contribution >= 4 is 11.6 Å². The molecule has 3 rings (SSSR count). The lowest BCUT2D eigenvalue weighted by atomic mass is 9.89. The van der Waals surface area contributed by atoms with Crippen LogP contribution in [0, 0.1) is 6.92 Å². The maximum Gasteiger partial charge on any atom is 0.227 e. The van der Waals surface area contributed by atoms with Crippen molar-refractivity contribution in [3.8, 4) is 0 Å². The number of likely N-dealkylation sites (N-methyl/N-ethyl adjacent to an activating group) is 1. The number of piperidine rings is 1. The minimum Gasteiger partial charge on any atom is -1.00 e. The van der Waals surface area contributed by atoms with E-state index in [1.807, 2.05) is 0 Å². The van der Waals surface area contributed by atoms with Crippen molar-refractivity contribution in [3.05, 3.63) is 29.3 Å². The van der Waals surface area contributed by atoms with Gasteiger partial charge in [-0.1, -0.05) is 37.5 Å². The second-order valence-electron chi connectivity index (χ2n) is 7.16. The number of carbonyl (C=O) groups excluding carboxylic acids is 1. The Hall–Kier alpha value is -1.06. The number of hydrogen-bond donors (Lipinski definition) is 1. The van der Waals surface area contributed by atoms with E-state index < -0.39 is 0 Å². The monoisotopic (exact) mass is 336 g/mol. The lowest BCUT2D eigenvalue weighted by Gasteiger charge is -2.34. The molecule has 1 N–H and O–H groups in total. The molecular formula is C19H29ClN2O. The summed E-state index contributed by atoms with van der Waals surface area (Å²) in [4.78, 5) is 16.6. The van der Waals surface area contributed by atoms with Crippen LogP contribution in [0.25, 0.3) is 0 Å². The summed E-state index contributed by atoms with van der Waals surface area (Å²) in [5, 5.41) is 0. The topological polar surface area (TPSA) is 24.8 Å². The van der Waals surface area contributed by atoms with Crippen molar-refractivity contribution in [3.63, 3.8) is 0 Å². The number of carbonyl (C=O) groups is 1. The molecule has 1 amide bonds. The van der Waals surface area contributed by atoms with Crippen LogP contribution in [0.1, 0.15) is 56.1 Å². The smallest absolute Gasteiger partial charge is 0.227 e. The zero-order valence-corrected chi connectivity index (χ0v) is 15.3. The van der Waals surface area contributed by atoms with Gasteiger partial charge in [-0.15, -0.1) is 0 Å². The fourth-order valence-electron chi connectivity index (χ4n) is 4.17. The third-order valence-corrected chi connectivity index (χ3v) is 5.34. The summed E-state index contributed by atoms with van der Waals surface area (Å²) >= 11 is 0. The summed E-state index contributed by atoms with van der Waals surface area (Å²) in [7, 11) is 2.28. The van der Waals surface area contributed by atoms with Crippen LogP contribution in [0.5, 0.6) is 0 Å². The van der Waals surface area contributed by atoms with E-state index in [0.717, 1.165) is 25.8 Å². The lowest BCUT2D eigenvalue weighted by molar-refractivity contribution is -0.886. The van der Waals surface area contributed by atoms with Gasteiger partial charge >= 0.3 is 0 Å². The Bertz CT molecular complexity index is 560. The normalized spacial score (nSPS) is 25.5. The first-order valence-electron chi connectivity index (χ1n) is 8.85. The molecule has 2 heterocycles. The van der Waals surface area contributed by atoms with Crippen molar-refractivity contribution in [1.29, 1.82) is 0 Å². The zero-order valence-electron chi connectivity index (χ0n) is 14.6. The summed E-state index contributed by atoms with van der Waals surface area (Å²) in [6.45, 7) is 6.67. The highest BCUT2D eigenvalue weighted by Gasteiger charge is 2.45. The third-order valence-electron chi connectivity index (χ3n) is 5.34. The number of hydrogen-bond acceptors (Lipinski definition) is 1. The van der Waals surface area contributed by atoms with Gasteiger partial charge in [0, 0.05) is 18.5 Å². The van der Waals surface area contributed by atoms with E-state index in [9.17, 15) is 4.79 Å². The van der Waals surface area contributed by atoms with Crippen molar-refractivity contribution in [1.82, 2.24) is 0 Å². The average molecular weight is 337 g/mol. The SMILES string of the molecule is CCCCCC(=O)N1c2ccc(C)cc2[C@@H]2C[NH+](C)CC[C@H]21.[Cl-]. The van der Waals surface area contributed by atoms with Crippen molar-refractivity contribution in [2.45, 2.75) is 57.9 Å². The van der Waals surface area contributed by atoms with E-state index in [2.05, 4.69) is 44.0 Å². The van der Waals surface area contributed by atoms with Gasteiger partial charge in [0.2, 0.25) is 5.91 Å². The first kappa shape index (κ1) is 18.3. The molecule has 0 radical (unpaired) electrons. The fraction of sp³-hybridized carbons (Fsp3) is 0.632. The van der Waals surface area contributed by atoms with Gasteiger partial charge in [0.15, 0.2) is 0 Å². The number of fused-ring (bicyclic) bond motifs is 3. The van der Waals surface area contributed by atoms with E-state index in [1.165, 1.54) is 29.8 Å². The Kier molecular flexibility index (Phi) is 6.10. The number of unbranched alkanes of at least 4 members (excludes halogenated alkanes) is 2. The highest BCUT2D eigenvalue weighted by Crippen LogP contribution is 2.43. The molecule has 1 fully saturated rings. The summed E-state index contributed by atoms with van der Waals surface area (Å²) in [5.41, 5.74) is 3.91. The van der Waals surface area contributed by atoms with Gasteiger partial charge in [-0.3, -0.25) is 4.79 Å². The molecule has 0 spiro atoms. The van der Waals surface area contributed by atoms with Gasteiger partial charge in [0.05, 0.1) is 32.1 Å². The number of aryl methyl sites for hydroxylation is 1. The predicted octanol–water partition coefficient (Wildman–Crippen LogP) is -0.703. The first-order valence-corrected chi connectivity index (χ1v) is 8.85. The van der Waals surface area contributed by atoms with Crippen molar-refractivity contribution in [2.75, 3.05) is 25.0 Å². The molecule has 2 aliphatic rings. The number of anilines is 1. The maximum absolute atomic E-state index is 12.8. The molecular weight excluding hydrogens is 308 g/mol. The summed E-state index contributed by atoms with van der Waals surface area (Å²) in [5.74, 6) is 0.865. The average Bonchev–Trinajstić information content (AvgIpc) is 2.80. The van der Waals surface area contributed by atoms with Crippen molar-refractivity contribution < 1.29 is 22.1 Å². The van der Waals surface area contributed by atoms with Gasteiger partial charge < -0.3 is 22.2 Å². The fourth-order valence-corrected chi connectivity index (χ4v) is 4.17. The first-order chi connectivity index (χ1) is 10.6. The highest BCUT2D eigenvalue weighted by atomic mass is 35.5. The number of halogens is 1. The number of quaternary nitrogens is 1. The molecule has 0 aromatic heterocycles. The van der Waals surface area contributed by atoms with Gasteiger partial charge in [-0.25, -0.2) is 0 Å². The summed E-state index contributed by atoms with van der Waals surface area (Å²) in [6, 6.07) is 7.04. The van der Waals surface area contributed by atoms with E-state index in [-0.39, 0.29) is 12.4 Å². The minimum atomic E-state index is 0. The molecule has 1 aromatic carbocycles. The van der Waals surface area contributed by atoms with E-state index in [1.54, 1.807) is 4.90 Å². The van der Waals surface area contributed by atoms with E-state index >= 15 is 0 Å². The number of benzene rings is 1. The standard InChI is InChI=1S/C19H28N2O.ClH/c1-4-5-6-7-19(22)21-17-9-8-14(2)12-15(17)16-13-20(3)11-10-18(16)21;/h8-9,12,16,18H,4-7,10-11,13H2,1-3H3;1H/t16-,18+;/m0./s1. The molecule has 3 nitrogen and oxygen atoms in total. The number of likely N-dealkylation sites (tertiary alicyclic amines) is 1. The molecule has 3 atom stereocenters. The predicted molar refractivity (Wildman–Crippen MR) is 90.6 cm³/mol. The highest BCUT2D eigenvalue weighted by molar-refractivity contribution is 5.96. The number of nitrogens with one attached hydrogen (secondary N) is 1. The van der Waals surface area contributed by atoms with Gasteiger partial charge in [0.1, 0.15) is 0 Å². The second-order valence-corrected chi connectivity index (χ2v) is 7.16. The molecule has 4 heteroatoms. The van der Waals surface area contributed by atoms with E-state index in [4.69, 9.17) is 0 Å². The quantitative estimate of drug-likeness (QED) is 0.722. The van der Waals surface area contributed by atoms with Crippen LogP contribution >= 0.6 is 0 Å². The van der Waals surface area contributed by atoms with Crippen LogP contribution < -0.4 is 22.2 Å². The Morgan fingerprint density at radius 2 is 2.13 bits per heavy atom. The molecule has 128 valence electrons. The van der Waals surface area contributed by atoms with Crippen molar-refractivity contribution in [2.24, 2.45) is 0 Å². The second kappa shape index (κ2) is 7.67. The third kappa shape index (κ3) is 3.56. The van der Waals surface area contributed by atoms with Crippen LogP contribution in [-0.4, -0.2) is 32.1 Å². The number of rotatable bonds is 4. The van der Waals surface area contributed by atoms with E-state index in [0.29, 0.717) is 24.3 Å². The van der Waals surface area contributed by atoms with Crippen LogP contribution in [0.3, 0.4) is 0 Å². The molecule has 23 heavy (non-hydrogen) atoms. The molecule has 0 saturated carbocycles. The van der Waals surface area contributed by atoms with Gasteiger partial charge in [0.25, 0.3) is 0 Å². The maximum atomic E-state index is 12.8. The largest absolute Gasteiger partial charge is 1.00 e. The summed E-state index contributed by atoms with van der Waals surface area (Å²) in [6.07, 6.45) is 5.18. The zero-order chi connectivity index (χ0) is 15.7. The Balaban J connectivity index is 0.00000192. The minimum absolute atomic E-state index is 0. The van der Waals surface area contributed by atoms with Crippen LogP contribution in [0.2, 0.25) is 0 Å². The lowest BCUT2D eigenvalue weighted by Crippen LogP contribution is -3.11. The Morgan fingerprint density at radius 3 is 2.87 bits per heavy atom. The molecule has 0 bridgehead atoms. The number of amides is 1.